The van der Waals surface area contributed by atoms with Gasteiger partial charge in [-0.3, -0.25) is 14.2 Å². The van der Waals surface area contributed by atoms with E-state index in [9.17, 15) is 4.79 Å². The lowest BCUT2D eigenvalue weighted by molar-refractivity contribution is 0.0944. The van der Waals surface area contributed by atoms with Crippen LogP contribution in [0.1, 0.15) is 34.2 Å². The van der Waals surface area contributed by atoms with Crippen molar-refractivity contribution in [2.75, 3.05) is 0 Å². The van der Waals surface area contributed by atoms with E-state index in [0.29, 0.717) is 12.2 Å². The van der Waals surface area contributed by atoms with Crippen LogP contribution in [-0.2, 0) is 13.0 Å². The third kappa shape index (κ3) is 2.70. The summed E-state index contributed by atoms with van der Waals surface area (Å²) in [6.07, 6.45) is 6.08. The van der Waals surface area contributed by atoms with Gasteiger partial charge >= 0.3 is 0 Å². The summed E-state index contributed by atoms with van der Waals surface area (Å²) in [7, 11) is 0. The van der Waals surface area contributed by atoms with Crippen LogP contribution in [0.2, 0.25) is 0 Å². The Labute approximate surface area is 129 Å². The number of imidazole rings is 1. The Kier molecular flexibility index (Phi) is 3.87. The van der Waals surface area contributed by atoms with Crippen LogP contribution in [-0.4, -0.2) is 20.3 Å². The molecule has 0 aliphatic carbocycles. The minimum atomic E-state index is -0.114. The van der Waals surface area contributed by atoms with E-state index in [0.717, 1.165) is 28.9 Å². The second-order valence-corrected chi connectivity index (χ2v) is 5.24. The first-order chi connectivity index (χ1) is 10.7. The van der Waals surface area contributed by atoms with Crippen molar-refractivity contribution in [3.63, 3.8) is 0 Å². The number of carbonyl (C=O) groups excluding carboxylic acids is 1. The van der Waals surface area contributed by atoms with E-state index in [4.69, 9.17) is 0 Å². The number of nitrogens with one attached hydrogen (secondary N) is 1. The lowest BCUT2D eigenvalue weighted by atomic mass is 10.2. The number of aryl methyl sites for hydroxylation is 2. The summed E-state index contributed by atoms with van der Waals surface area (Å²) in [5, 5.41) is 2.94. The van der Waals surface area contributed by atoms with Gasteiger partial charge in [-0.2, -0.15) is 0 Å². The summed E-state index contributed by atoms with van der Waals surface area (Å²) in [6.45, 7) is 4.48. The maximum atomic E-state index is 12.6. The predicted molar refractivity (Wildman–Crippen MR) is 84.7 cm³/mol. The molecule has 1 N–H and O–H groups in total. The van der Waals surface area contributed by atoms with Gasteiger partial charge < -0.3 is 5.32 Å². The second kappa shape index (κ2) is 5.97. The zero-order valence-corrected chi connectivity index (χ0v) is 12.7. The average molecular weight is 294 g/mol. The van der Waals surface area contributed by atoms with Crippen LogP contribution in [0.5, 0.6) is 0 Å². The molecule has 3 rings (SSSR count). The molecule has 0 radical (unpaired) electrons. The van der Waals surface area contributed by atoms with Crippen molar-refractivity contribution in [2.45, 2.75) is 26.8 Å². The maximum absolute atomic E-state index is 12.6. The van der Waals surface area contributed by atoms with Crippen molar-refractivity contribution in [1.82, 2.24) is 19.7 Å². The van der Waals surface area contributed by atoms with E-state index in [1.54, 1.807) is 12.4 Å². The molecule has 3 heterocycles. The molecular formula is C17H18N4O. The van der Waals surface area contributed by atoms with Gasteiger partial charge in [-0.25, -0.2) is 4.98 Å². The fourth-order valence-electron chi connectivity index (χ4n) is 2.45. The highest BCUT2D eigenvalue weighted by atomic mass is 16.1. The van der Waals surface area contributed by atoms with Crippen LogP contribution in [0.25, 0.3) is 5.65 Å². The Bertz CT molecular complexity index is 808. The minimum absolute atomic E-state index is 0.114. The standard InChI is InChI=1S/C17H18N4O/c1-3-14-16(21-8-6-12(2)9-15(21)20-14)17(22)19-11-13-5-4-7-18-10-13/h4-10H,3,11H2,1-2H3,(H,19,22). The molecule has 3 aromatic heterocycles. The number of hydrogen-bond acceptors (Lipinski definition) is 3. The summed E-state index contributed by atoms with van der Waals surface area (Å²) < 4.78 is 1.85. The molecule has 0 saturated carbocycles. The van der Waals surface area contributed by atoms with Crippen LogP contribution in [0.4, 0.5) is 0 Å². The van der Waals surface area contributed by atoms with Crippen molar-refractivity contribution in [1.29, 1.82) is 0 Å². The first-order valence-electron chi connectivity index (χ1n) is 7.33. The van der Waals surface area contributed by atoms with E-state index in [1.165, 1.54) is 0 Å². The molecule has 0 fully saturated rings. The van der Waals surface area contributed by atoms with E-state index in [-0.39, 0.29) is 5.91 Å². The first kappa shape index (κ1) is 14.3. The average Bonchev–Trinajstić information content (AvgIpc) is 2.91. The van der Waals surface area contributed by atoms with Gasteiger partial charge in [-0.05, 0) is 42.7 Å². The smallest absolute Gasteiger partial charge is 0.270 e. The van der Waals surface area contributed by atoms with Gasteiger partial charge in [0.2, 0.25) is 0 Å². The Hall–Kier alpha value is -2.69. The topological polar surface area (TPSA) is 59.3 Å². The van der Waals surface area contributed by atoms with Gasteiger partial charge in [0.15, 0.2) is 0 Å². The number of carbonyl (C=O) groups is 1. The normalized spacial score (nSPS) is 10.8. The molecule has 5 heteroatoms. The van der Waals surface area contributed by atoms with E-state index in [2.05, 4.69) is 15.3 Å². The third-order valence-electron chi connectivity index (χ3n) is 3.58. The van der Waals surface area contributed by atoms with Crippen LogP contribution >= 0.6 is 0 Å². The highest BCUT2D eigenvalue weighted by molar-refractivity contribution is 5.94. The molecule has 0 aliphatic heterocycles. The first-order valence-corrected chi connectivity index (χ1v) is 7.33. The van der Waals surface area contributed by atoms with E-state index < -0.39 is 0 Å². The number of pyridine rings is 2. The van der Waals surface area contributed by atoms with E-state index in [1.807, 2.05) is 48.7 Å². The van der Waals surface area contributed by atoms with Crippen molar-refractivity contribution in [3.8, 4) is 0 Å². The van der Waals surface area contributed by atoms with E-state index >= 15 is 0 Å². The van der Waals surface area contributed by atoms with Gasteiger partial charge in [-0.15, -0.1) is 0 Å². The molecule has 0 unspecified atom stereocenters. The number of amides is 1. The number of nitrogens with zero attached hydrogens (tertiary/aromatic N) is 3. The summed E-state index contributed by atoms with van der Waals surface area (Å²) in [5.41, 5.74) is 4.33. The molecule has 22 heavy (non-hydrogen) atoms. The van der Waals surface area contributed by atoms with Crippen LogP contribution in [0, 0.1) is 6.92 Å². The molecule has 0 saturated heterocycles. The number of aromatic nitrogens is 3. The molecule has 0 bridgehead atoms. The quantitative estimate of drug-likeness (QED) is 0.804. The van der Waals surface area contributed by atoms with Crippen LogP contribution in [0.3, 0.4) is 0 Å². The van der Waals surface area contributed by atoms with Gasteiger partial charge in [0.1, 0.15) is 11.3 Å². The molecule has 112 valence electrons. The zero-order chi connectivity index (χ0) is 15.5. The van der Waals surface area contributed by atoms with Crippen LogP contribution < -0.4 is 5.32 Å². The Morgan fingerprint density at radius 1 is 1.36 bits per heavy atom. The third-order valence-corrected chi connectivity index (χ3v) is 3.58. The highest BCUT2D eigenvalue weighted by Crippen LogP contribution is 2.15. The Balaban J connectivity index is 1.89. The molecule has 5 nitrogen and oxygen atoms in total. The van der Waals surface area contributed by atoms with Crippen molar-refractivity contribution >= 4 is 11.6 Å². The molecule has 3 aromatic rings. The molecule has 0 aromatic carbocycles. The SMILES string of the molecule is CCc1nc2cc(C)ccn2c1C(=O)NCc1cccnc1. The highest BCUT2D eigenvalue weighted by Gasteiger charge is 2.17. The number of rotatable bonds is 4. The molecule has 1 amide bonds. The lowest BCUT2D eigenvalue weighted by Crippen LogP contribution is -2.25. The van der Waals surface area contributed by atoms with Gasteiger partial charge in [-0.1, -0.05) is 13.0 Å². The molecule has 0 atom stereocenters. The van der Waals surface area contributed by atoms with Crippen molar-refractivity contribution in [3.05, 3.63) is 65.4 Å². The largest absolute Gasteiger partial charge is 0.347 e. The van der Waals surface area contributed by atoms with Gasteiger partial charge in [0, 0.05) is 25.1 Å². The van der Waals surface area contributed by atoms with Gasteiger partial charge in [0.25, 0.3) is 5.91 Å². The summed E-state index contributed by atoms with van der Waals surface area (Å²) in [5.74, 6) is -0.114. The van der Waals surface area contributed by atoms with Crippen LogP contribution in [0.15, 0.2) is 42.9 Å². The number of hydrogen-bond donors (Lipinski definition) is 1. The zero-order valence-electron chi connectivity index (χ0n) is 12.7. The summed E-state index contributed by atoms with van der Waals surface area (Å²) in [4.78, 5) is 21.2. The molecule has 0 spiro atoms. The second-order valence-electron chi connectivity index (χ2n) is 5.24. The Morgan fingerprint density at radius 3 is 2.95 bits per heavy atom. The summed E-state index contributed by atoms with van der Waals surface area (Å²) in [6, 6.07) is 7.75. The monoisotopic (exact) mass is 294 g/mol. The maximum Gasteiger partial charge on any atom is 0.270 e. The fraction of sp³-hybridized carbons (Fsp3) is 0.235. The predicted octanol–water partition coefficient (Wildman–Crippen LogP) is 2.53. The fourth-order valence-corrected chi connectivity index (χ4v) is 2.45. The minimum Gasteiger partial charge on any atom is -0.347 e. The Morgan fingerprint density at radius 2 is 2.23 bits per heavy atom. The van der Waals surface area contributed by atoms with Crippen molar-refractivity contribution in [2.24, 2.45) is 0 Å². The molecular weight excluding hydrogens is 276 g/mol. The molecule has 0 aliphatic rings. The number of fused-ring (bicyclic) bond motifs is 1. The summed E-state index contributed by atoms with van der Waals surface area (Å²) >= 11 is 0. The lowest BCUT2D eigenvalue weighted by Gasteiger charge is -2.06. The van der Waals surface area contributed by atoms with Gasteiger partial charge in [0.05, 0.1) is 5.69 Å². The van der Waals surface area contributed by atoms with Crippen molar-refractivity contribution < 1.29 is 4.79 Å².